The van der Waals surface area contributed by atoms with Crippen LogP contribution < -0.4 is 10.1 Å². The first kappa shape index (κ1) is 16.0. The van der Waals surface area contributed by atoms with E-state index in [4.69, 9.17) is 4.74 Å². The summed E-state index contributed by atoms with van der Waals surface area (Å²) in [6, 6.07) is 9.02. The fourth-order valence-corrected chi connectivity index (χ4v) is 2.39. The fraction of sp³-hybridized carbons (Fsp3) is 0.176. The summed E-state index contributed by atoms with van der Waals surface area (Å²) in [5, 5.41) is 6.36. The quantitative estimate of drug-likeness (QED) is 0.631. The summed E-state index contributed by atoms with van der Waals surface area (Å²) in [5.74, 6) is 0.457. The highest BCUT2D eigenvalue weighted by Crippen LogP contribution is 2.14. The summed E-state index contributed by atoms with van der Waals surface area (Å²) in [7, 11) is 0. The molecule has 22 heavy (non-hydrogen) atoms. The molecule has 114 valence electrons. The molecule has 0 saturated carbocycles. The zero-order valence-electron chi connectivity index (χ0n) is 12.2. The Morgan fingerprint density at radius 1 is 1.23 bits per heavy atom. The molecule has 5 heteroatoms. The van der Waals surface area contributed by atoms with Crippen LogP contribution in [0.4, 0.5) is 0 Å². The molecule has 1 aromatic carbocycles. The van der Waals surface area contributed by atoms with Crippen LogP contribution in [-0.2, 0) is 4.79 Å². The number of ether oxygens (including phenoxy) is 1. The summed E-state index contributed by atoms with van der Waals surface area (Å²) >= 11 is 1.50. The van der Waals surface area contributed by atoms with Crippen molar-refractivity contribution in [3.05, 3.63) is 58.3 Å². The third-order valence-corrected chi connectivity index (χ3v) is 3.54. The minimum atomic E-state index is -0.146. The number of rotatable bonds is 7. The number of likely N-dealkylation sites (N-methyl/N-ethyl adjacent to an activating group) is 1. The van der Waals surface area contributed by atoms with Crippen LogP contribution in [0.1, 0.15) is 22.8 Å². The smallest absolute Gasteiger partial charge is 0.257 e. The molecule has 0 bridgehead atoms. The van der Waals surface area contributed by atoms with E-state index in [2.05, 4.69) is 5.32 Å². The summed E-state index contributed by atoms with van der Waals surface area (Å²) in [5.41, 5.74) is 1.59. The summed E-state index contributed by atoms with van der Waals surface area (Å²) in [6.07, 6.45) is 3.31. The minimum absolute atomic E-state index is 0.000329. The Morgan fingerprint density at radius 2 is 2.00 bits per heavy atom. The molecule has 0 unspecified atom stereocenters. The second-order valence-corrected chi connectivity index (χ2v) is 5.30. The Morgan fingerprint density at radius 3 is 2.64 bits per heavy atom. The Hall–Kier alpha value is -2.40. The molecule has 1 amide bonds. The van der Waals surface area contributed by atoms with Gasteiger partial charge in [0, 0.05) is 17.5 Å². The molecule has 0 aliphatic carbocycles. The largest absolute Gasteiger partial charge is 0.484 e. The van der Waals surface area contributed by atoms with Gasteiger partial charge in [-0.15, -0.1) is 0 Å². The molecule has 0 radical (unpaired) electrons. The van der Waals surface area contributed by atoms with Crippen molar-refractivity contribution < 1.29 is 14.3 Å². The van der Waals surface area contributed by atoms with Gasteiger partial charge in [-0.05, 0) is 42.1 Å². The lowest BCUT2D eigenvalue weighted by Crippen LogP contribution is -2.28. The zero-order chi connectivity index (χ0) is 15.8. The summed E-state index contributed by atoms with van der Waals surface area (Å²) in [6.45, 7) is 2.44. The second kappa shape index (κ2) is 8.14. The standard InChI is InChI=1S/C17H17NO3S/c1-2-18-17(20)11-21-15-6-3-13(4-7-15)5-8-16(19)14-9-10-22-12-14/h3-10,12H,2,11H2,1H3,(H,18,20)/b8-5+. The average molecular weight is 315 g/mol. The molecule has 1 aromatic heterocycles. The maximum absolute atomic E-state index is 11.8. The number of benzene rings is 1. The van der Waals surface area contributed by atoms with Gasteiger partial charge in [0.1, 0.15) is 5.75 Å². The highest BCUT2D eigenvalue weighted by atomic mass is 32.1. The molecule has 4 nitrogen and oxygen atoms in total. The Balaban J connectivity index is 1.89. The minimum Gasteiger partial charge on any atom is -0.484 e. The molecule has 0 atom stereocenters. The molecule has 2 aromatic rings. The predicted octanol–water partition coefficient (Wildman–Crippen LogP) is 3.16. The van der Waals surface area contributed by atoms with Gasteiger partial charge in [-0.3, -0.25) is 9.59 Å². The number of amides is 1. The lowest BCUT2D eigenvalue weighted by molar-refractivity contribution is -0.122. The topological polar surface area (TPSA) is 55.4 Å². The zero-order valence-corrected chi connectivity index (χ0v) is 13.1. The number of carbonyl (C=O) groups excluding carboxylic acids is 2. The van der Waals surface area contributed by atoms with Crippen molar-refractivity contribution >= 4 is 29.1 Å². The average Bonchev–Trinajstić information content (AvgIpc) is 3.06. The van der Waals surface area contributed by atoms with Crippen molar-refractivity contribution in [1.82, 2.24) is 5.32 Å². The van der Waals surface area contributed by atoms with E-state index in [0.29, 0.717) is 17.9 Å². The molecule has 0 aliphatic rings. The highest BCUT2D eigenvalue weighted by Gasteiger charge is 2.02. The van der Waals surface area contributed by atoms with E-state index in [-0.39, 0.29) is 18.3 Å². The highest BCUT2D eigenvalue weighted by molar-refractivity contribution is 7.08. The van der Waals surface area contributed by atoms with E-state index < -0.39 is 0 Å². The van der Waals surface area contributed by atoms with Crippen LogP contribution in [0.2, 0.25) is 0 Å². The number of ketones is 1. The van der Waals surface area contributed by atoms with Gasteiger partial charge in [0.25, 0.3) is 5.91 Å². The molecular weight excluding hydrogens is 298 g/mol. The van der Waals surface area contributed by atoms with Gasteiger partial charge in [-0.2, -0.15) is 11.3 Å². The van der Waals surface area contributed by atoms with Gasteiger partial charge >= 0.3 is 0 Å². The van der Waals surface area contributed by atoms with Crippen LogP contribution in [0.25, 0.3) is 6.08 Å². The first-order valence-electron chi connectivity index (χ1n) is 6.93. The van der Waals surface area contributed by atoms with Gasteiger partial charge in [0.2, 0.25) is 0 Å². The van der Waals surface area contributed by atoms with E-state index in [9.17, 15) is 9.59 Å². The van der Waals surface area contributed by atoms with E-state index >= 15 is 0 Å². The number of hydrogen-bond acceptors (Lipinski definition) is 4. The Kier molecular flexibility index (Phi) is 5.91. The van der Waals surface area contributed by atoms with Gasteiger partial charge < -0.3 is 10.1 Å². The maximum atomic E-state index is 11.8. The molecule has 0 fully saturated rings. The van der Waals surface area contributed by atoms with Crippen LogP contribution in [0.5, 0.6) is 5.75 Å². The number of hydrogen-bond donors (Lipinski definition) is 1. The molecule has 1 heterocycles. The number of nitrogens with one attached hydrogen (secondary N) is 1. The molecule has 1 N–H and O–H groups in total. The lowest BCUT2D eigenvalue weighted by Gasteiger charge is -2.06. The van der Waals surface area contributed by atoms with Crippen LogP contribution in [0.15, 0.2) is 47.2 Å². The van der Waals surface area contributed by atoms with Crippen LogP contribution in [-0.4, -0.2) is 24.8 Å². The Labute approximate surface area is 133 Å². The summed E-state index contributed by atoms with van der Waals surface area (Å²) in [4.78, 5) is 23.1. The van der Waals surface area contributed by atoms with Crippen LogP contribution in [0.3, 0.4) is 0 Å². The number of carbonyl (C=O) groups is 2. The van der Waals surface area contributed by atoms with Gasteiger partial charge in [-0.25, -0.2) is 0 Å². The van der Waals surface area contributed by atoms with Crippen molar-refractivity contribution in [2.75, 3.05) is 13.2 Å². The van der Waals surface area contributed by atoms with Crippen molar-refractivity contribution in [2.45, 2.75) is 6.92 Å². The van der Waals surface area contributed by atoms with Gasteiger partial charge in [0.15, 0.2) is 12.4 Å². The molecular formula is C17H17NO3S. The predicted molar refractivity (Wildman–Crippen MR) is 88.3 cm³/mol. The third-order valence-electron chi connectivity index (χ3n) is 2.86. The first-order chi connectivity index (χ1) is 10.7. The van der Waals surface area contributed by atoms with Crippen molar-refractivity contribution in [3.8, 4) is 5.75 Å². The van der Waals surface area contributed by atoms with E-state index in [1.165, 1.54) is 11.3 Å². The first-order valence-corrected chi connectivity index (χ1v) is 7.87. The Bertz CT molecular complexity index is 645. The normalized spacial score (nSPS) is 10.6. The molecule has 0 aliphatic heterocycles. The second-order valence-electron chi connectivity index (χ2n) is 4.52. The lowest BCUT2D eigenvalue weighted by atomic mass is 10.1. The van der Waals surface area contributed by atoms with Crippen molar-refractivity contribution in [2.24, 2.45) is 0 Å². The monoisotopic (exact) mass is 315 g/mol. The SMILES string of the molecule is CCNC(=O)COc1ccc(/C=C/C(=O)c2ccsc2)cc1. The molecule has 0 spiro atoms. The number of allylic oxidation sites excluding steroid dienone is 1. The van der Waals surface area contributed by atoms with Crippen LogP contribution >= 0.6 is 11.3 Å². The summed E-state index contributed by atoms with van der Waals surface area (Å²) < 4.78 is 5.36. The third kappa shape index (κ3) is 4.86. The van der Waals surface area contributed by atoms with E-state index in [0.717, 1.165) is 5.56 Å². The van der Waals surface area contributed by atoms with Crippen molar-refractivity contribution in [1.29, 1.82) is 0 Å². The fourth-order valence-electron chi connectivity index (χ4n) is 1.75. The van der Waals surface area contributed by atoms with Gasteiger partial charge in [0.05, 0.1) is 0 Å². The van der Waals surface area contributed by atoms with E-state index in [1.807, 2.05) is 29.8 Å². The molecule has 0 saturated heterocycles. The van der Waals surface area contributed by atoms with E-state index in [1.54, 1.807) is 30.4 Å². The molecule has 2 rings (SSSR count). The van der Waals surface area contributed by atoms with Crippen molar-refractivity contribution in [3.63, 3.8) is 0 Å². The number of thiophene rings is 1. The van der Waals surface area contributed by atoms with Crippen LogP contribution in [0, 0.1) is 0 Å². The van der Waals surface area contributed by atoms with Gasteiger partial charge in [-0.1, -0.05) is 18.2 Å². The maximum Gasteiger partial charge on any atom is 0.257 e.